The third-order valence-electron chi connectivity index (χ3n) is 5.18. The SMILES string of the molecule is CC(C)C[C@H](NC(=O)[C@@H]1C[C@H]1C)C(=O)N[C@H](C#N)C[C@@H]1CCCNC1=O. The molecule has 0 unspecified atom stereocenters. The van der Waals surface area contributed by atoms with E-state index in [2.05, 4.69) is 22.0 Å². The number of carbonyl (C=O) groups excluding carboxylic acids is 3. The molecule has 26 heavy (non-hydrogen) atoms. The van der Waals surface area contributed by atoms with Gasteiger partial charge in [-0.2, -0.15) is 5.26 Å². The van der Waals surface area contributed by atoms with Crippen LogP contribution in [0.3, 0.4) is 0 Å². The Morgan fingerprint density at radius 1 is 1.35 bits per heavy atom. The molecule has 1 saturated carbocycles. The summed E-state index contributed by atoms with van der Waals surface area (Å²) in [6.45, 7) is 6.66. The summed E-state index contributed by atoms with van der Waals surface area (Å²) in [5, 5.41) is 17.7. The van der Waals surface area contributed by atoms with Gasteiger partial charge in [0.15, 0.2) is 0 Å². The quantitative estimate of drug-likeness (QED) is 0.600. The summed E-state index contributed by atoms with van der Waals surface area (Å²) in [6, 6.07) is 0.699. The Kier molecular flexibility index (Phi) is 7.01. The van der Waals surface area contributed by atoms with Crippen LogP contribution in [0.1, 0.15) is 52.9 Å². The molecule has 1 aliphatic heterocycles. The summed E-state index contributed by atoms with van der Waals surface area (Å²) in [4.78, 5) is 36.8. The molecule has 0 spiro atoms. The van der Waals surface area contributed by atoms with E-state index < -0.39 is 12.1 Å². The highest BCUT2D eigenvalue weighted by Crippen LogP contribution is 2.37. The molecule has 0 aromatic heterocycles. The molecule has 7 heteroatoms. The Morgan fingerprint density at radius 3 is 2.58 bits per heavy atom. The van der Waals surface area contributed by atoms with E-state index in [0.29, 0.717) is 25.3 Å². The van der Waals surface area contributed by atoms with E-state index in [4.69, 9.17) is 0 Å². The minimum atomic E-state index is -0.734. The van der Waals surface area contributed by atoms with Gasteiger partial charge in [0.25, 0.3) is 0 Å². The summed E-state index contributed by atoms with van der Waals surface area (Å²) >= 11 is 0. The maximum Gasteiger partial charge on any atom is 0.243 e. The molecule has 7 nitrogen and oxygen atoms in total. The maximum absolute atomic E-state index is 12.7. The van der Waals surface area contributed by atoms with Gasteiger partial charge >= 0.3 is 0 Å². The van der Waals surface area contributed by atoms with Crippen LogP contribution >= 0.6 is 0 Å². The van der Waals surface area contributed by atoms with E-state index in [-0.39, 0.29) is 35.5 Å². The Morgan fingerprint density at radius 2 is 2.04 bits per heavy atom. The van der Waals surface area contributed by atoms with Crippen LogP contribution in [0.5, 0.6) is 0 Å². The summed E-state index contributed by atoms with van der Waals surface area (Å²) in [7, 11) is 0. The second kappa shape index (κ2) is 9.02. The van der Waals surface area contributed by atoms with Crippen molar-refractivity contribution >= 4 is 17.7 Å². The van der Waals surface area contributed by atoms with E-state index in [1.165, 1.54) is 0 Å². The number of hydrogen-bond donors (Lipinski definition) is 3. The molecule has 1 heterocycles. The maximum atomic E-state index is 12.7. The molecule has 0 aromatic rings. The van der Waals surface area contributed by atoms with Crippen molar-refractivity contribution < 1.29 is 14.4 Å². The van der Waals surface area contributed by atoms with Crippen molar-refractivity contribution in [2.75, 3.05) is 6.54 Å². The monoisotopic (exact) mass is 362 g/mol. The lowest BCUT2D eigenvalue weighted by Gasteiger charge is -2.25. The predicted molar refractivity (Wildman–Crippen MR) is 96.6 cm³/mol. The molecule has 2 rings (SSSR count). The zero-order valence-corrected chi connectivity index (χ0v) is 15.9. The number of nitrogens with one attached hydrogen (secondary N) is 3. The normalized spacial score (nSPS) is 27.0. The number of nitrogens with zero attached hydrogens (tertiary/aromatic N) is 1. The van der Waals surface area contributed by atoms with Crippen LogP contribution in [-0.4, -0.2) is 36.3 Å². The van der Waals surface area contributed by atoms with Crippen molar-refractivity contribution in [3.8, 4) is 6.07 Å². The van der Waals surface area contributed by atoms with E-state index >= 15 is 0 Å². The minimum Gasteiger partial charge on any atom is -0.356 e. The fraction of sp³-hybridized carbons (Fsp3) is 0.789. The molecule has 3 N–H and O–H groups in total. The average Bonchev–Trinajstić information content (AvgIpc) is 3.32. The molecule has 1 aliphatic carbocycles. The fourth-order valence-corrected chi connectivity index (χ4v) is 3.43. The van der Waals surface area contributed by atoms with Crippen LogP contribution < -0.4 is 16.0 Å². The van der Waals surface area contributed by atoms with Gasteiger partial charge in [0, 0.05) is 18.4 Å². The highest BCUT2D eigenvalue weighted by atomic mass is 16.2. The van der Waals surface area contributed by atoms with Gasteiger partial charge in [-0.25, -0.2) is 0 Å². The molecule has 2 aliphatic rings. The number of carbonyl (C=O) groups is 3. The largest absolute Gasteiger partial charge is 0.356 e. The summed E-state index contributed by atoms with van der Waals surface area (Å²) in [5.74, 6) is -0.141. The number of piperidine rings is 1. The van der Waals surface area contributed by atoms with Crippen molar-refractivity contribution in [1.82, 2.24) is 16.0 Å². The molecule has 2 fully saturated rings. The number of amides is 3. The van der Waals surface area contributed by atoms with Gasteiger partial charge in [-0.15, -0.1) is 0 Å². The molecule has 3 amide bonds. The number of hydrogen-bond acceptors (Lipinski definition) is 4. The Labute approximate surface area is 155 Å². The van der Waals surface area contributed by atoms with Crippen LogP contribution in [0.4, 0.5) is 0 Å². The predicted octanol–water partition coefficient (Wildman–Crippen LogP) is 1.10. The van der Waals surface area contributed by atoms with Crippen molar-refractivity contribution in [1.29, 1.82) is 5.26 Å². The van der Waals surface area contributed by atoms with Gasteiger partial charge < -0.3 is 16.0 Å². The van der Waals surface area contributed by atoms with Crippen molar-refractivity contribution in [2.45, 2.75) is 65.0 Å². The topological polar surface area (TPSA) is 111 Å². The standard InChI is InChI=1S/C19H30N4O3/c1-11(2)7-16(23-18(25)15-8-12(15)3)19(26)22-14(10-20)9-13-5-4-6-21-17(13)24/h11-16H,4-9H2,1-3H3,(H,21,24)(H,22,26)(H,23,25)/t12-,13+,14+,15-,16+/m1/s1. The average molecular weight is 362 g/mol. The van der Waals surface area contributed by atoms with Crippen LogP contribution in [0.25, 0.3) is 0 Å². The molecule has 1 saturated heterocycles. The van der Waals surface area contributed by atoms with Crippen LogP contribution in [0.2, 0.25) is 0 Å². The Balaban J connectivity index is 1.93. The van der Waals surface area contributed by atoms with Gasteiger partial charge in [0.05, 0.1) is 6.07 Å². The molecule has 0 bridgehead atoms. The van der Waals surface area contributed by atoms with Crippen molar-refractivity contribution in [3.63, 3.8) is 0 Å². The summed E-state index contributed by atoms with van der Waals surface area (Å²) in [6.07, 6.45) is 3.29. The lowest BCUT2D eigenvalue weighted by molar-refractivity contribution is -0.130. The lowest BCUT2D eigenvalue weighted by Crippen LogP contribution is -2.51. The first-order valence-electron chi connectivity index (χ1n) is 9.59. The van der Waals surface area contributed by atoms with Crippen LogP contribution in [0, 0.1) is 35.0 Å². The first-order chi connectivity index (χ1) is 12.3. The molecular weight excluding hydrogens is 332 g/mol. The zero-order valence-electron chi connectivity index (χ0n) is 15.9. The Hall–Kier alpha value is -2.10. The first kappa shape index (κ1) is 20.2. The third-order valence-corrected chi connectivity index (χ3v) is 5.18. The Bertz CT molecular complexity index is 584. The smallest absolute Gasteiger partial charge is 0.243 e. The minimum absolute atomic E-state index is 0.00448. The fourth-order valence-electron chi connectivity index (χ4n) is 3.43. The van der Waals surface area contributed by atoms with Crippen molar-refractivity contribution in [2.24, 2.45) is 23.7 Å². The molecule has 0 aromatic carbocycles. The van der Waals surface area contributed by atoms with Crippen LogP contribution in [0.15, 0.2) is 0 Å². The highest BCUT2D eigenvalue weighted by Gasteiger charge is 2.40. The number of nitriles is 1. The lowest BCUT2D eigenvalue weighted by atomic mass is 9.91. The number of rotatable bonds is 8. The molecule has 144 valence electrons. The second-order valence-electron chi connectivity index (χ2n) is 8.07. The van der Waals surface area contributed by atoms with Gasteiger partial charge in [0.1, 0.15) is 12.1 Å². The van der Waals surface area contributed by atoms with Gasteiger partial charge in [0.2, 0.25) is 17.7 Å². The van der Waals surface area contributed by atoms with E-state index in [0.717, 1.165) is 19.3 Å². The highest BCUT2D eigenvalue weighted by molar-refractivity contribution is 5.90. The molecule has 5 atom stereocenters. The van der Waals surface area contributed by atoms with Gasteiger partial charge in [-0.05, 0) is 43.9 Å². The third kappa shape index (κ3) is 5.72. The van der Waals surface area contributed by atoms with Gasteiger partial charge in [-0.3, -0.25) is 14.4 Å². The van der Waals surface area contributed by atoms with Crippen molar-refractivity contribution in [3.05, 3.63) is 0 Å². The molecular formula is C19H30N4O3. The summed E-state index contributed by atoms with van der Waals surface area (Å²) < 4.78 is 0. The van der Waals surface area contributed by atoms with E-state index in [9.17, 15) is 19.6 Å². The van der Waals surface area contributed by atoms with Gasteiger partial charge in [-0.1, -0.05) is 20.8 Å². The van der Waals surface area contributed by atoms with E-state index in [1.807, 2.05) is 20.8 Å². The van der Waals surface area contributed by atoms with Crippen LogP contribution in [-0.2, 0) is 14.4 Å². The zero-order chi connectivity index (χ0) is 19.3. The summed E-state index contributed by atoms with van der Waals surface area (Å²) in [5.41, 5.74) is 0. The molecule has 0 radical (unpaired) electrons. The van der Waals surface area contributed by atoms with E-state index in [1.54, 1.807) is 0 Å². The second-order valence-corrected chi connectivity index (χ2v) is 8.07. The first-order valence-corrected chi connectivity index (χ1v) is 9.59.